The Hall–Kier alpha value is -4.16. The van der Waals surface area contributed by atoms with E-state index in [-0.39, 0.29) is 19.6 Å². The number of halogens is 1. The minimum Gasteiger partial charge on any atom is -0.464 e. The fourth-order valence-electron chi connectivity index (χ4n) is 5.19. The van der Waals surface area contributed by atoms with Gasteiger partial charge in [0.15, 0.2) is 6.10 Å². The normalized spacial score (nSPS) is 21.3. The van der Waals surface area contributed by atoms with Crippen molar-refractivity contribution in [3.8, 4) is 0 Å². The van der Waals surface area contributed by atoms with Gasteiger partial charge in [-0.2, -0.15) is 0 Å². The van der Waals surface area contributed by atoms with Crippen LogP contribution in [0, 0.1) is 5.92 Å². The van der Waals surface area contributed by atoms with E-state index in [0.29, 0.717) is 10.9 Å². The van der Waals surface area contributed by atoms with Crippen LogP contribution >= 0.6 is 27.7 Å². The number of β-lactam (4-membered cyclic amide) rings is 1. The van der Waals surface area contributed by atoms with Crippen LogP contribution in [0.15, 0.2) is 91.0 Å². The van der Waals surface area contributed by atoms with Crippen LogP contribution in [-0.4, -0.2) is 70.3 Å². The maximum atomic E-state index is 13.9. The van der Waals surface area contributed by atoms with E-state index >= 15 is 0 Å². The quantitative estimate of drug-likeness (QED) is 0.100. The third-order valence-electron chi connectivity index (χ3n) is 7.31. The fraction of sp³-hybridized carbons (Fsp3) is 0.281. The Labute approximate surface area is 266 Å². The average molecular weight is 682 g/mol. The fourth-order valence-corrected chi connectivity index (χ4v) is 6.89. The number of esters is 2. The third kappa shape index (κ3) is 6.81. The third-order valence-corrected chi connectivity index (χ3v) is 9.25. The van der Waals surface area contributed by atoms with E-state index in [1.54, 1.807) is 30.3 Å². The average Bonchev–Trinajstić information content (AvgIpc) is 3.07. The Bertz CT molecular complexity index is 1440. The molecular weight excluding hydrogens is 652 g/mol. The highest BCUT2D eigenvalue weighted by molar-refractivity contribution is 9.09. The number of fused-ring (bicyclic) bond motifs is 1. The number of carbonyl (C=O) groups excluding carboxylic acids is 5. The molecule has 2 saturated heterocycles. The van der Waals surface area contributed by atoms with Crippen LogP contribution in [0.1, 0.15) is 28.9 Å². The largest absolute Gasteiger partial charge is 0.464 e. The number of nitrogens with one attached hydrogen (secondary N) is 1. The van der Waals surface area contributed by atoms with Gasteiger partial charge in [0, 0.05) is 17.4 Å². The van der Waals surface area contributed by atoms with Crippen molar-refractivity contribution in [2.24, 2.45) is 5.92 Å². The van der Waals surface area contributed by atoms with Gasteiger partial charge < -0.3 is 24.4 Å². The van der Waals surface area contributed by atoms with Gasteiger partial charge >= 0.3 is 11.9 Å². The number of benzene rings is 3. The molecule has 4 unspecified atom stereocenters. The second-order valence-electron chi connectivity index (χ2n) is 10.0. The molecule has 5 atom stereocenters. The summed E-state index contributed by atoms with van der Waals surface area (Å²) in [7, 11) is 0. The molecule has 0 aromatic heterocycles. The molecule has 2 amide bonds. The van der Waals surface area contributed by atoms with Crippen LogP contribution in [0.5, 0.6) is 0 Å². The van der Waals surface area contributed by atoms with Gasteiger partial charge in [0.25, 0.3) is 12.4 Å². The highest BCUT2D eigenvalue weighted by atomic mass is 79.9. The van der Waals surface area contributed by atoms with E-state index in [4.69, 9.17) is 14.2 Å². The molecule has 0 bridgehead atoms. The van der Waals surface area contributed by atoms with Crippen molar-refractivity contribution in [1.29, 1.82) is 0 Å². The lowest BCUT2D eigenvalue weighted by Crippen LogP contribution is -2.73. The first-order chi connectivity index (χ1) is 21.4. The number of carbonyl (C=O) groups is 5. The first-order valence-electron chi connectivity index (χ1n) is 13.9. The van der Waals surface area contributed by atoms with Crippen LogP contribution in [0.25, 0.3) is 0 Å². The summed E-state index contributed by atoms with van der Waals surface area (Å²) in [4.78, 5) is 66.0. The Balaban J connectivity index is 1.38. The molecule has 0 spiro atoms. The van der Waals surface area contributed by atoms with Crippen molar-refractivity contribution in [1.82, 2.24) is 10.2 Å². The summed E-state index contributed by atoms with van der Waals surface area (Å²) in [6, 6.07) is 25.9. The van der Waals surface area contributed by atoms with E-state index in [1.165, 1.54) is 4.90 Å². The topological polar surface area (TPSA) is 128 Å². The van der Waals surface area contributed by atoms with Crippen molar-refractivity contribution in [3.63, 3.8) is 0 Å². The van der Waals surface area contributed by atoms with Gasteiger partial charge in [-0.15, -0.1) is 11.8 Å². The molecule has 2 aliphatic heterocycles. The Morgan fingerprint density at radius 3 is 2.02 bits per heavy atom. The smallest absolute Gasteiger partial charge is 0.321 e. The first-order valence-corrected chi connectivity index (χ1v) is 15.9. The lowest BCUT2D eigenvalue weighted by Gasteiger charge is -2.52. The van der Waals surface area contributed by atoms with Crippen LogP contribution < -0.4 is 5.32 Å². The highest BCUT2D eigenvalue weighted by Crippen LogP contribution is 2.43. The van der Waals surface area contributed by atoms with Crippen LogP contribution in [0.2, 0.25) is 0 Å². The molecule has 10 nitrogen and oxygen atoms in total. The summed E-state index contributed by atoms with van der Waals surface area (Å²) in [5.41, 5.74) is 1.93. The second-order valence-corrected chi connectivity index (χ2v) is 12.1. The Morgan fingerprint density at radius 1 is 0.909 bits per heavy atom. The molecule has 3 aromatic rings. The molecule has 2 fully saturated rings. The summed E-state index contributed by atoms with van der Waals surface area (Å²) in [6.45, 7) is 0.177. The first kappa shape index (κ1) is 31.3. The van der Waals surface area contributed by atoms with Crippen molar-refractivity contribution < 1.29 is 38.2 Å². The molecule has 0 radical (unpaired) electrons. The molecule has 44 heavy (non-hydrogen) atoms. The van der Waals surface area contributed by atoms with E-state index in [9.17, 15) is 24.0 Å². The predicted octanol–water partition coefficient (Wildman–Crippen LogP) is 3.56. The lowest BCUT2D eigenvalue weighted by atomic mass is 9.97. The molecule has 2 heterocycles. The van der Waals surface area contributed by atoms with E-state index < -0.39 is 58.5 Å². The maximum absolute atomic E-state index is 13.9. The number of hydrogen-bond acceptors (Lipinski definition) is 9. The van der Waals surface area contributed by atoms with Crippen molar-refractivity contribution >= 4 is 57.9 Å². The van der Waals surface area contributed by atoms with Crippen molar-refractivity contribution in [2.45, 2.75) is 28.9 Å². The molecular formula is C32H29BrN2O8S. The number of amides is 2. The van der Waals surface area contributed by atoms with Gasteiger partial charge in [0.1, 0.15) is 23.3 Å². The summed E-state index contributed by atoms with van der Waals surface area (Å²) in [5, 5.41) is 1.38. The predicted molar refractivity (Wildman–Crippen MR) is 164 cm³/mol. The number of alkyl halides is 1. The Morgan fingerprint density at radius 2 is 1.48 bits per heavy atom. The monoisotopic (exact) mass is 680 g/mol. The number of thioether (sulfide) groups is 1. The van der Waals surface area contributed by atoms with Crippen LogP contribution in [0.3, 0.4) is 0 Å². The summed E-state index contributed by atoms with van der Waals surface area (Å²) in [6.07, 6.45) is -2.01. The molecule has 12 heteroatoms. The maximum Gasteiger partial charge on any atom is 0.321 e. The van der Waals surface area contributed by atoms with Crippen LogP contribution in [-0.2, 0) is 38.2 Å². The van der Waals surface area contributed by atoms with Gasteiger partial charge in [0.2, 0.25) is 12.0 Å². The zero-order valence-corrected chi connectivity index (χ0v) is 25.7. The minimum atomic E-state index is -1.27. The Kier molecular flexibility index (Phi) is 10.3. The van der Waals surface area contributed by atoms with Gasteiger partial charge in [-0.05, 0) is 11.1 Å². The van der Waals surface area contributed by atoms with E-state index in [1.807, 2.05) is 60.7 Å². The molecule has 2 aliphatic rings. The standard InChI is InChI=1S/C32H29BrN2O8S/c33-16-17-41-31(39)23-18-35-29(38)24(34-28(37)26(42-19-36)22-14-8-3-9-15-22)30(35)44-27(23)32(40)43-25(20-10-4-1-5-11-20)21-12-6-2-7-13-21/h1-15,19,23-27,30H,16-18H2,(H,34,37)/t23?,24?,26?,27?,30-/m1/s1. The molecule has 0 aliphatic carbocycles. The minimum absolute atomic E-state index is 0.0853. The molecule has 1 N–H and O–H groups in total. The number of nitrogens with zero attached hydrogens (tertiary/aromatic N) is 1. The van der Waals surface area contributed by atoms with Gasteiger partial charge in [0.05, 0.1) is 5.92 Å². The van der Waals surface area contributed by atoms with E-state index in [2.05, 4.69) is 21.2 Å². The zero-order valence-electron chi connectivity index (χ0n) is 23.3. The van der Waals surface area contributed by atoms with Gasteiger partial charge in [-0.1, -0.05) is 107 Å². The highest BCUT2D eigenvalue weighted by Gasteiger charge is 2.58. The number of hydrogen-bond donors (Lipinski definition) is 1. The van der Waals surface area contributed by atoms with Gasteiger partial charge in [-0.3, -0.25) is 24.0 Å². The molecule has 5 rings (SSSR count). The lowest BCUT2D eigenvalue weighted by molar-refractivity contribution is -0.162. The van der Waals surface area contributed by atoms with E-state index in [0.717, 1.165) is 22.9 Å². The summed E-state index contributed by atoms with van der Waals surface area (Å²) < 4.78 is 16.5. The number of rotatable bonds is 12. The van der Waals surface area contributed by atoms with Gasteiger partial charge in [-0.25, -0.2) is 0 Å². The molecule has 228 valence electrons. The molecule has 3 aromatic carbocycles. The zero-order chi connectivity index (χ0) is 31.1. The van der Waals surface area contributed by atoms with Crippen molar-refractivity contribution in [2.75, 3.05) is 18.5 Å². The van der Waals surface area contributed by atoms with Crippen molar-refractivity contribution in [3.05, 3.63) is 108 Å². The van der Waals surface area contributed by atoms with Crippen LogP contribution in [0.4, 0.5) is 0 Å². The summed E-state index contributed by atoms with van der Waals surface area (Å²) >= 11 is 4.29. The second kappa shape index (κ2) is 14.5. The summed E-state index contributed by atoms with van der Waals surface area (Å²) in [5.74, 6) is -3.38. The number of ether oxygens (including phenoxy) is 3. The molecule has 0 saturated carbocycles. The SMILES string of the molecule is O=COC(C(=O)NC1C(=O)N2CC(C(=O)OCCBr)C(C(=O)OC(c3ccccc3)c3ccccc3)S[C@H]12)c1ccccc1.